The van der Waals surface area contributed by atoms with Crippen molar-refractivity contribution in [3.8, 4) is 5.75 Å². The van der Waals surface area contributed by atoms with Gasteiger partial charge in [-0.3, -0.25) is 4.79 Å². The highest BCUT2D eigenvalue weighted by molar-refractivity contribution is 5.78. The third kappa shape index (κ3) is 1.07. The Balaban J connectivity index is 2.72. The lowest BCUT2D eigenvalue weighted by Gasteiger charge is -2.16. The molecule has 0 atom stereocenters. The average molecular weight is 181 g/mol. The van der Waals surface area contributed by atoms with E-state index in [2.05, 4.69) is 10.3 Å². The van der Waals surface area contributed by atoms with Gasteiger partial charge in [-0.2, -0.15) is 0 Å². The zero-order valence-electron chi connectivity index (χ0n) is 6.65. The van der Waals surface area contributed by atoms with E-state index in [1.165, 1.54) is 0 Å². The van der Waals surface area contributed by atoms with Crippen LogP contribution in [0.25, 0.3) is 0 Å². The van der Waals surface area contributed by atoms with E-state index in [4.69, 9.17) is 5.11 Å². The predicted octanol–water partition coefficient (Wildman–Crippen LogP) is -0.937. The van der Waals surface area contributed by atoms with Gasteiger partial charge in [0.25, 0.3) is 0 Å². The second-order valence-corrected chi connectivity index (χ2v) is 2.68. The number of rotatable bonds is 0. The summed E-state index contributed by atoms with van der Waals surface area (Å²) in [5.74, 6) is -0.132. The Hall–Kier alpha value is -1.85. The number of nitrogens with zero attached hydrogens (tertiary/aromatic N) is 2. The minimum atomic E-state index is -0.720. The molecule has 1 aliphatic heterocycles. The molecule has 2 heterocycles. The van der Waals surface area contributed by atoms with Gasteiger partial charge in [0.15, 0.2) is 0 Å². The Morgan fingerprint density at radius 2 is 2.31 bits per heavy atom. The summed E-state index contributed by atoms with van der Waals surface area (Å²) in [5.41, 5.74) is -0.720. The highest BCUT2D eigenvalue weighted by atomic mass is 16.3. The zero-order chi connectivity index (χ0) is 9.42. The predicted molar refractivity (Wildman–Crippen MR) is 42.7 cm³/mol. The molecule has 0 aliphatic carbocycles. The molecule has 6 heteroatoms. The van der Waals surface area contributed by atoms with Gasteiger partial charge in [-0.05, 0) is 0 Å². The van der Waals surface area contributed by atoms with Crippen molar-refractivity contribution >= 4 is 6.03 Å². The first-order chi connectivity index (χ1) is 6.20. The maximum Gasteiger partial charge on any atom is 0.330 e. The Bertz CT molecular complexity index is 423. The molecule has 0 unspecified atom stereocenters. The van der Waals surface area contributed by atoms with Gasteiger partial charge in [-0.25, -0.2) is 14.3 Å². The van der Waals surface area contributed by atoms with E-state index in [0.717, 1.165) is 10.8 Å². The molecule has 6 nitrogen and oxygen atoms in total. The van der Waals surface area contributed by atoms with E-state index in [-0.39, 0.29) is 0 Å². The number of aromatic hydroxyl groups is 1. The van der Waals surface area contributed by atoms with E-state index in [9.17, 15) is 9.59 Å². The summed E-state index contributed by atoms with van der Waals surface area (Å²) in [6.45, 7) is 0.468. The zero-order valence-corrected chi connectivity index (χ0v) is 6.65. The molecule has 0 saturated carbocycles. The average Bonchev–Trinajstić information content (AvgIpc) is 2.12. The molecule has 1 aromatic heterocycles. The smallest absolute Gasteiger partial charge is 0.330 e. The first-order valence-corrected chi connectivity index (χ1v) is 3.78. The van der Waals surface area contributed by atoms with Crippen molar-refractivity contribution in [2.24, 2.45) is 0 Å². The van der Waals surface area contributed by atoms with Gasteiger partial charge in [-0.15, -0.1) is 0 Å². The maximum atomic E-state index is 11.2. The molecule has 1 amide bonds. The third-order valence-electron chi connectivity index (χ3n) is 1.84. The molecule has 0 saturated heterocycles. The molecule has 1 aliphatic rings. The van der Waals surface area contributed by atoms with Gasteiger partial charge in [0, 0.05) is 13.0 Å². The van der Waals surface area contributed by atoms with E-state index < -0.39 is 17.3 Å². The molecular formula is C7H7N3O3. The minimum absolute atomic E-state index is 0.381. The fourth-order valence-corrected chi connectivity index (χ4v) is 1.23. The number of hydrogen-bond acceptors (Lipinski definition) is 4. The van der Waals surface area contributed by atoms with Crippen LogP contribution >= 0.6 is 0 Å². The highest BCUT2D eigenvalue weighted by Gasteiger charge is 2.19. The molecule has 68 valence electrons. The van der Waals surface area contributed by atoms with Crippen LogP contribution in [0.1, 0.15) is 5.82 Å². The number of hydrogen-bond donors (Lipinski definition) is 2. The number of carbonyl (C=O) groups excluding carboxylic acids is 1. The van der Waals surface area contributed by atoms with Crippen molar-refractivity contribution in [2.45, 2.75) is 6.42 Å². The second-order valence-electron chi connectivity index (χ2n) is 2.68. The second kappa shape index (κ2) is 2.58. The van der Waals surface area contributed by atoms with Crippen LogP contribution in [0.4, 0.5) is 4.79 Å². The van der Waals surface area contributed by atoms with E-state index in [1.807, 2.05) is 0 Å². The van der Waals surface area contributed by atoms with Crippen LogP contribution in [-0.4, -0.2) is 27.2 Å². The van der Waals surface area contributed by atoms with Crippen LogP contribution in [0.5, 0.6) is 5.75 Å². The topological polar surface area (TPSA) is 84.2 Å². The summed E-state index contributed by atoms with van der Waals surface area (Å²) < 4.78 is 0.846. The Labute approximate surface area is 72.8 Å². The maximum absolute atomic E-state index is 11.2. The largest absolute Gasteiger partial charge is 0.502 e. The SMILES string of the molecule is O=C1NCCc2ncc(O)c(=O)n21. The third-order valence-corrected chi connectivity index (χ3v) is 1.84. The standard InChI is InChI=1S/C7H7N3O3/c11-4-3-9-5-1-2-8-7(13)10(5)6(4)12/h3,11H,1-2H2,(H,8,13). The Kier molecular flexibility index (Phi) is 1.54. The van der Waals surface area contributed by atoms with Crippen LogP contribution in [0.15, 0.2) is 11.0 Å². The van der Waals surface area contributed by atoms with Crippen LogP contribution in [0.3, 0.4) is 0 Å². The number of aromatic nitrogens is 2. The lowest BCUT2D eigenvalue weighted by atomic mass is 10.3. The van der Waals surface area contributed by atoms with Crippen molar-refractivity contribution in [3.63, 3.8) is 0 Å². The molecule has 0 aromatic carbocycles. The van der Waals surface area contributed by atoms with Gasteiger partial charge in [0.05, 0.1) is 6.20 Å². The van der Waals surface area contributed by atoms with Gasteiger partial charge in [0.1, 0.15) is 5.82 Å². The van der Waals surface area contributed by atoms with E-state index >= 15 is 0 Å². The summed E-state index contributed by atoms with van der Waals surface area (Å²) in [6, 6.07) is -0.533. The molecule has 13 heavy (non-hydrogen) atoms. The molecule has 0 bridgehead atoms. The van der Waals surface area contributed by atoms with E-state index in [1.54, 1.807) is 0 Å². The van der Waals surface area contributed by atoms with Crippen molar-refractivity contribution in [1.29, 1.82) is 0 Å². The lowest BCUT2D eigenvalue weighted by molar-refractivity contribution is 0.237. The first kappa shape index (κ1) is 7.78. The number of carbonyl (C=O) groups is 1. The fraction of sp³-hybridized carbons (Fsp3) is 0.286. The summed E-state index contributed by atoms with van der Waals surface area (Å²) in [6.07, 6.45) is 1.56. The Morgan fingerprint density at radius 3 is 3.08 bits per heavy atom. The first-order valence-electron chi connectivity index (χ1n) is 3.78. The fourth-order valence-electron chi connectivity index (χ4n) is 1.23. The molecule has 0 fully saturated rings. The number of amides is 1. The van der Waals surface area contributed by atoms with Gasteiger partial charge in [-0.1, -0.05) is 0 Å². The number of fused-ring (bicyclic) bond motifs is 1. The molecule has 1 aromatic rings. The van der Waals surface area contributed by atoms with Gasteiger partial charge >= 0.3 is 11.6 Å². The minimum Gasteiger partial charge on any atom is -0.502 e. The van der Waals surface area contributed by atoms with Crippen molar-refractivity contribution in [2.75, 3.05) is 6.54 Å². The summed E-state index contributed by atoms with van der Waals surface area (Å²) in [5, 5.41) is 11.5. The van der Waals surface area contributed by atoms with Crippen LogP contribution in [0.2, 0.25) is 0 Å². The van der Waals surface area contributed by atoms with Crippen LogP contribution in [0, 0.1) is 0 Å². The summed E-state index contributed by atoms with van der Waals surface area (Å²) in [7, 11) is 0. The van der Waals surface area contributed by atoms with Gasteiger partial charge in [0.2, 0.25) is 5.75 Å². The monoisotopic (exact) mass is 181 g/mol. The highest BCUT2D eigenvalue weighted by Crippen LogP contribution is 2.03. The Morgan fingerprint density at radius 1 is 1.54 bits per heavy atom. The van der Waals surface area contributed by atoms with Crippen molar-refractivity contribution < 1.29 is 9.90 Å². The van der Waals surface area contributed by atoms with Gasteiger partial charge < -0.3 is 10.4 Å². The normalized spacial score (nSPS) is 14.9. The van der Waals surface area contributed by atoms with E-state index in [0.29, 0.717) is 18.8 Å². The van der Waals surface area contributed by atoms with Crippen LogP contribution < -0.4 is 10.9 Å². The van der Waals surface area contributed by atoms with Crippen molar-refractivity contribution in [3.05, 3.63) is 22.4 Å². The molecule has 0 radical (unpaired) electrons. The van der Waals surface area contributed by atoms with Crippen molar-refractivity contribution in [1.82, 2.24) is 14.9 Å². The molecule has 0 spiro atoms. The summed E-state index contributed by atoms with van der Waals surface area (Å²) in [4.78, 5) is 26.2. The molecule has 2 rings (SSSR count). The quantitative estimate of drug-likeness (QED) is 0.541. The summed E-state index contributed by atoms with van der Waals surface area (Å²) >= 11 is 0. The molecule has 2 N–H and O–H groups in total. The molecular weight excluding hydrogens is 174 g/mol. The van der Waals surface area contributed by atoms with Crippen LogP contribution in [-0.2, 0) is 6.42 Å². The number of nitrogens with one attached hydrogen (secondary N) is 1. The lowest BCUT2D eigenvalue weighted by Crippen LogP contribution is -2.44.